The van der Waals surface area contributed by atoms with Gasteiger partial charge < -0.3 is 5.32 Å². The van der Waals surface area contributed by atoms with Crippen molar-refractivity contribution in [3.63, 3.8) is 0 Å². The summed E-state index contributed by atoms with van der Waals surface area (Å²) in [4.78, 5) is 5.48. The van der Waals surface area contributed by atoms with Crippen LogP contribution in [0.4, 0.5) is 13.2 Å². The molecule has 114 valence electrons. The lowest BCUT2D eigenvalue weighted by Gasteiger charge is -2.10. The zero-order valence-electron chi connectivity index (χ0n) is 12.1. The molecule has 0 fully saturated rings. The topological polar surface area (TPSA) is 24.9 Å². The number of aryl methyl sites for hydroxylation is 1. The van der Waals surface area contributed by atoms with Crippen molar-refractivity contribution in [1.29, 1.82) is 0 Å². The summed E-state index contributed by atoms with van der Waals surface area (Å²) in [6, 6.07) is 5.45. The van der Waals surface area contributed by atoms with Crippen LogP contribution in [0.2, 0.25) is 0 Å². The van der Waals surface area contributed by atoms with E-state index in [1.807, 2.05) is 20.8 Å². The minimum absolute atomic E-state index is 0.145. The highest BCUT2D eigenvalue weighted by Gasteiger charge is 2.30. The van der Waals surface area contributed by atoms with Gasteiger partial charge in [0.25, 0.3) is 0 Å². The van der Waals surface area contributed by atoms with Crippen molar-refractivity contribution in [3.05, 3.63) is 40.4 Å². The summed E-state index contributed by atoms with van der Waals surface area (Å²) in [5.41, 5.74) is 0.725. The van der Waals surface area contributed by atoms with Gasteiger partial charge in [0.2, 0.25) is 0 Å². The highest BCUT2D eigenvalue weighted by molar-refractivity contribution is 7.15. The number of hydrogen-bond acceptors (Lipinski definition) is 3. The number of nitrogens with zero attached hydrogens (tertiary/aromatic N) is 1. The van der Waals surface area contributed by atoms with E-state index < -0.39 is 11.7 Å². The van der Waals surface area contributed by atoms with Crippen LogP contribution in [0.5, 0.6) is 0 Å². The second kappa shape index (κ2) is 6.15. The van der Waals surface area contributed by atoms with Gasteiger partial charge in [0.15, 0.2) is 0 Å². The Morgan fingerprint density at radius 1 is 1.33 bits per heavy atom. The number of halogens is 3. The molecule has 2 nitrogen and oxygen atoms in total. The molecule has 6 heteroatoms. The number of rotatable bonds is 4. The third-order valence-electron chi connectivity index (χ3n) is 3.17. The molecular weight excluding hydrogens is 297 g/mol. The minimum Gasteiger partial charge on any atom is -0.310 e. The smallest absolute Gasteiger partial charge is 0.310 e. The van der Waals surface area contributed by atoms with E-state index in [1.165, 1.54) is 17.4 Å². The van der Waals surface area contributed by atoms with E-state index in [9.17, 15) is 13.2 Å². The molecule has 1 N–H and O–H groups in total. The molecule has 1 aromatic carbocycles. The lowest BCUT2D eigenvalue weighted by atomic mass is 10.1. The van der Waals surface area contributed by atoms with E-state index in [0.717, 1.165) is 29.2 Å². The van der Waals surface area contributed by atoms with Gasteiger partial charge in [-0.15, -0.1) is 11.3 Å². The first-order valence-corrected chi connectivity index (χ1v) is 7.53. The van der Waals surface area contributed by atoms with Crippen molar-refractivity contribution in [1.82, 2.24) is 10.3 Å². The van der Waals surface area contributed by atoms with Crippen molar-refractivity contribution in [2.75, 3.05) is 6.54 Å². The molecule has 1 unspecified atom stereocenters. The quantitative estimate of drug-likeness (QED) is 0.876. The summed E-state index contributed by atoms with van der Waals surface area (Å²) in [5, 5.41) is 3.92. The molecule has 0 radical (unpaired) electrons. The number of nitrogens with one attached hydrogen (secondary N) is 1. The van der Waals surface area contributed by atoms with Crippen LogP contribution in [-0.2, 0) is 6.18 Å². The average Bonchev–Trinajstić information content (AvgIpc) is 2.80. The number of thiazole rings is 1. The van der Waals surface area contributed by atoms with E-state index >= 15 is 0 Å². The molecule has 21 heavy (non-hydrogen) atoms. The maximum Gasteiger partial charge on any atom is 0.416 e. The van der Waals surface area contributed by atoms with Crippen LogP contribution in [0.25, 0.3) is 10.6 Å². The molecule has 0 aliphatic heterocycles. The Hall–Kier alpha value is -1.40. The van der Waals surface area contributed by atoms with Crippen molar-refractivity contribution in [3.8, 4) is 10.6 Å². The maximum absolute atomic E-state index is 12.8. The van der Waals surface area contributed by atoms with E-state index in [0.29, 0.717) is 10.6 Å². The molecule has 0 bridgehead atoms. The fourth-order valence-corrected chi connectivity index (χ4v) is 3.25. The number of benzene rings is 1. The molecule has 0 saturated heterocycles. The Labute approximate surface area is 126 Å². The van der Waals surface area contributed by atoms with Crippen LogP contribution < -0.4 is 5.32 Å². The summed E-state index contributed by atoms with van der Waals surface area (Å²) in [6.07, 6.45) is -4.33. The molecule has 2 rings (SSSR count). The summed E-state index contributed by atoms with van der Waals surface area (Å²) < 4.78 is 38.3. The molecule has 0 spiro atoms. The van der Waals surface area contributed by atoms with Crippen LogP contribution in [-0.4, -0.2) is 11.5 Å². The molecule has 0 amide bonds. The monoisotopic (exact) mass is 314 g/mol. The molecule has 2 aromatic rings. The number of alkyl halides is 3. The predicted molar refractivity (Wildman–Crippen MR) is 79.4 cm³/mol. The molecule has 0 aliphatic carbocycles. The van der Waals surface area contributed by atoms with Gasteiger partial charge in [-0.1, -0.05) is 19.1 Å². The van der Waals surface area contributed by atoms with Crippen LogP contribution in [0.1, 0.15) is 36.0 Å². The standard InChI is InChI=1S/C15H17F3N2S/c1-4-19-9(2)13-10(3)20-14(21-13)11-6-5-7-12(8-11)15(16,17)18/h5-9,19H,4H2,1-3H3. The van der Waals surface area contributed by atoms with E-state index in [2.05, 4.69) is 10.3 Å². The molecular formula is C15H17F3N2S. The van der Waals surface area contributed by atoms with Crippen LogP contribution in [0.3, 0.4) is 0 Å². The first kappa shape index (κ1) is 16.0. The summed E-state index contributed by atoms with van der Waals surface area (Å²) >= 11 is 1.44. The largest absolute Gasteiger partial charge is 0.416 e. The molecule has 1 heterocycles. The van der Waals surface area contributed by atoms with Gasteiger partial charge in [-0.3, -0.25) is 0 Å². The van der Waals surface area contributed by atoms with Crippen molar-refractivity contribution in [2.45, 2.75) is 33.0 Å². The second-order valence-electron chi connectivity index (χ2n) is 4.83. The van der Waals surface area contributed by atoms with Crippen LogP contribution >= 0.6 is 11.3 Å². The van der Waals surface area contributed by atoms with Gasteiger partial charge >= 0.3 is 6.18 Å². The molecule has 1 aromatic heterocycles. The van der Waals surface area contributed by atoms with Crippen molar-refractivity contribution >= 4 is 11.3 Å². The van der Waals surface area contributed by atoms with Gasteiger partial charge in [-0.05, 0) is 32.5 Å². The van der Waals surface area contributed by atoms with Gasteiger partial charge in [0.05, 0.1) is 11.3 Å². The minimum atomic E-state index is -4.33. The average molecular weight is 314 g/mol. The van der Waals surface area contributed by atoms with Crippen LogP contribution in [0, 0.1) is 6.92 Å². The van der Waals surface area contributed by atoms with Gasteiger partial charge in [-0.2, -0.15) is 13.2 Å². The van der Waals surface area contributed by atoms with Gasteiger partial charge in [-0.25, -0.2) is 4.98 Å². The Morgan fingerprint density at radius 3 is 2.67 bits per heavy atom. The highest BCUT2D eigenvalue weighted by Crippen LogP contribution is 2.35. The van der Waals surface area contributed by atoms with Gasteiger partial charge in [0.1, 0.15) is 5.01 Å². The zero-order chi connectivity index (χ0) is 15.6. The van der Waals surface area contributed by atoms with Crippen molar-refractivity contribution in [2.24, 2.45) is 0 Å². The summed E-state index contributed by atoms with van der Waals surface area (Å²) in [6.45, 7) is 6.76. The third kappa shape index (κ3) is 3.63. The lowest BCUT2D eigenvalue weighted by Crippen LogP contribution is -2.17. The Kier molecular flexibility index (Phi) is 4.68. The molecule has 1 atom stereocenters. The molecule has 0 saturated carbocycles. The van der Waals surface area contributed by atoms with Crippen LogP contribution in [0.15, 0.2) is 24.3 Å². The SMILES string of the molecule is CCNC(C)c1sc(-c2cccc(C(F)(F)F)c2)nc1C. The fraction of sp³-hybridized carbons (Fsp3) is 0.400. The summed E-state index contributed by atoms with van der Waals surface area (Å²) in [7, 11) is 0. The van der Waals surface area contributed by atoms with Crippen molar-refractivity contribution < 1.29 is 13.2 Å². The second-order valence-corrected chi connectivity index (χ2v) is 5.86. The normalized spacial score (nSPS) is 13.4. The Balaban J connectivity index is 2.37. The summed E-state index contributed by atoms with van der Waals surface area (Å²) in [5.74, 6) is 0. The fourth-order valence-electron chi connectivity index (χ4n) is 2.16. The molecule has 0 aliphatic rings. The number of aromatic nitrogens is 1. The highest BCUT2D eigenvalue weighted by atomic mass is 32.1. The number of hydrogen-bond donors (Lipinski definition) is 1. The van der Waals surface area contributed by atoms with E-state index in [-0.39, 0.29) is 6.04 Å². The first-order chi connectivity index (χ1) is 9.82. The third-order valence-corrected chi connectivity index (χ3v) is 4.56. The zero-order valence-corrected chi connectivity index (χ0v) is 12.9. The van der Waals surface area contributed by atoms with Gasteiger partial charge in [0, 0.05) is 16.5 Å². The first-order valence-electron chi connectivity index (χ1n) is 6.71. The van der Waals surface area contributed by atoms with E-state index in [4.69, 9.17) is 0 Å². The Morgan fingerprint density at radius 2 is 2.05 bits per heavy atom. The lowest BCUT2D eigenvalue weighted by molar-refractivity contribution is -0.137. The van der Waals surface area contributed by atoms with E-state index in [1.54, 1.807) is 6.07 Å². The predicted octanol–water partition coefficient (Wildman–Crippen LogP) is 4.81. The maximum atomic E-state index is 12.8. The Bertz CT molecular complexity index is 620.